The maximum absolute atomic E-state index is 13.8. The molecular formula is C15H19F. The van der Waals surface area contributed by atoms with Gasteiger partial charge in [-0.3, -0.25) is 0 Å². The van der Waals surface area contributed by atoms with E-state index in [0.717, 1.165) is 24.3 Å². The molecule has 0 aromatic heterocycles. The molecule has 16 heavy (non-hydrogen) atoms. The van der Waals surface area contributed by atoms with Crippen molar-refractivity contribution in [2.24, 2.45) is 5.92 Å². The molecule has 0 radical (unpaired) electrons. The van der Waals surface area contributed by atoms with Crippen LogP contribution in [-0.4, -0.2) is 0 Å². The fraction of sp³-hybridized carbons (Fsp3) is 0.600. The highest BCUT2D eigenvalue weighted by molar-refractivity contribution is 5.41. The minimum Gasteiger partial charge on any atom is -0.207 e. The lowest BCUT2D eigenvalue weighted by atomic mass is 9.96. The van der Waals surface area contributed by atoms with E-state index in [2.05, 4.69) is 6.92 Å². The van der Waals surface area contributed by atoms with Crippen LogP contribution in [0.5, 0.6) is 0 Å². The van der Waals surface area contributed by atoms with Crippen molar-refractivity contribution in [3.05, 3.63) is 34.6 Å². The molecule has 86 valence electrons. The highest BCUT2D eigenvalue weighted by Gasteiger charge is 2.25. The Morgan fingerprint density at radius 2 is 2.06 bits per heavy atom. The summed E-state index contributed by atoms with van der Waals surface area (Å²) in [6.45, 7) is 2.26. The fourth-order valence-corrected chi connectivity index (χ4v) is 2.98. The van der Waals surface area contributed by atoms with E-state index in [-0.39, 0.29) is 5.82 Å². The van der Waals surface area contributed by atoms with Crippen LogP contribution in [0, 0.1) is 11.7 Å². The Hall–Kier alpha value is -0.850. The summed E-state index contributed by atoms with van der Waals surface area (Å²) in [6, 6.07) is 3.69. The van der Waals surface area contributed by atoms with Gasteiger partial charge >= 0.3 is 0 Å². The molecule has 0 bridgehead atoms. The van der Waals surface area contributed by atoms with Gasteiger partial charge in [-0.15, -0.1) is 0 Å². The molecule has 0 nitrogen and oxygen atoms in total. The minimum absolute atomic E-state index is 0.0356. The van der Waals surface area contributed by atoms with Gasteiger partial charge < -0.3 is 0 Å². The molecule has 3 rings (SSSR count). The van der Waals surface area contributed by atoms with E-state index in [1.165, 1.54) is 36.8 Å². The number of fused-ring (bicyclic) bond motifs is 1. The first-order chi connectivity index (χ1) is 7.75. The van der Waals surface area contributed by atoms with Gasteiger partial charge in [0.25, 0.3) is 0 Å². The highest BCUT2D eigenvalue weighted by atomic mass is 19.1. The third kappa shape index (κ3) is 1.77. The summed E-state index contributed by atoms with van der Waals surface area (Å²) >= 11 is 0. The lowest BCUT2D eigenvalue weighted by Crippen LogP contribution is -1.99. The Kier molecular flexibility index (Phi) is 2.49. The van der Waals surface area contributed by atoms with Gasteiger partial charge in [0.15, 0.2) is 0 Å². The van der Waals surface area contributed by atoms with Crippen molar-refractivity contribution in [1.82, 2.24) is 0 Å². The Bertz CT molecular complexity index is 404. The average Bonchev–Trinajstić information content (AvgIpc) is 3.02. The van der Waals surface area contributed by atoms with Crippen LogP contribution in [0.1, 0.15) is 55.2 Å². The van der Waals surface area contributed by atoms with Crippen molar-refractivity contribution in [2.45, 2.75) is 51.4 Å². The molecule has 0 spiro atoms. The first-order valence-electron chi connectivity index (χ1n) is 6.56. The molecule has 1 aromatic carbocycles. The molecule has 1 heteroatoms. The van der Waals surface area contributed by atoms with Crippen molar-refractivity contribution < 1.29 is 4.39 Å². The van der Waals surface area contributed by atoms with Gasteiger partial charge in [-0.2, -0.15) is 0 Å². The monoisotopic (exact) mass is 218 g/mol. The summed E-state index contributed by atoms with van der Waals surface area (Å²) in [5, 5.41) is 0. The molecule has 1 unspecified atom stereocenters. The van der Waals surface area contributed by atoms with Crippen LogP contribution in [0.4, 0.5) is 4.39 Å². The van der Waals surface area contributed by atoms with E-state index in [1.54, 1.807) is 6.07 Å². The number of rotatable bonds is 3. The quantitative estimate of drug-likeness (QED) is 0.712. The normalized spacial score (nSPS) is 23.5. The third-order valence-corrected chi connectivity index (χ3v) is 4.27. The third-order valence-electron chi connectivity index (χ3n) is 4.27. The Labute approximate surface area is 96.9 Å². The minimum atomic E-state index is 0.0356. The molecule has 0 N–H and O–H groups in total. The largest absolute Gasteiger partial charge is 0.207 e. The van der Waals surface area contributed by atoms with Gasteiger partial charge in [0.2, 0.25) is 0 Å². The lowest BCUT2D eigenvalue weighted by molar-refractivity contribution is 0.594. The summed E-state index contributed by atoms with van der Waals surface area (Å²) in [5.41, 5.74) is 3.79. The van der Waals surface area contributed by atoms with Gasteiger partial charge in [-0.25, -0.2) is 4.39 Å². The molecule has 2 aliphatic carbocycles. The van der Waals surface area contributed by atoms with E-state index >= 15 is 0 Å². The van der Waals surface area contributed by atoms with Crippen molar-refractivity contribution in [1.29, 1.82) is 0 Å². The zero-order chi connectivity index (χ0) is 11.1. The predicted octanol–water partition coefficient (Wildman–Crippen LogP) is 4.22. The van der Waals surface area contributed by atoms with Gasteiger partial charge in [0, 0.05) is 0 Å². The molecule has 2 aliphatic rings. The topological polar surface area (TPSA) is 0 Å². The SMILES string of the molecule is CC1CCc2c1ccc(F)c2CCC1CC1. The van der Waals surface area contributed by atoms with Gasteiger partial charge in [-0.1, -0.05) is 25.8 Å². The van der Waals surface area contributed by atoms with E-state index in [9.17, 15) is 4.39 Å². The second-order valence-electron chi connectivity index (χ2n) is 5.52. The van der Waals surface area contributed by atoms with Crippen LogP contribution in [0.15, 0.2) is 12.1 Å². The van der Waals surface area contributed by atoms with Crippen LogP contribution in [-0.2, 0) is 12.8 Å². The maximum Gasteiger partial charge on any atom is 0.126 e. The number of hydrogen-bond donors (Lipinski definition) is 0. The summed E-state index contributed by atoms with van der Waals surface area (Å²) in [7, 11) is 0. The molecule has 0 heterocycles. The summed E-state index contributed by atoms with van der Waals surface area (Å²) in [5.74, 6) is 1.57. The van der Waals surface area contributed by atoms with E-state index in [0.29, 0.717) is 5.92 Å². The Balaban J connectivity index is 1.89. The van der Waals surface area contributed by atoms with Gasteiger partial charge in [0.05, 0.1) is 0 Å². The van der Waals surface area contributed by atoms with Crippen LogP contribution in [0.3, 0.4) is 0 Å². The first-order valence-corrected chi connectivity index (χ1v) is 6.56. The average molecular weight is 218 g/mol. The zero-order valence-corrected chi connectivity index (χ0v) is 9.93. The van der Waals surface area contributed by atoms with Crippen molar-refractivity contribution in [2.75, 3.05) is 0 Å². The van der Waals surface area contributed by atoms with Crippen molar-refractivity contribution >= 4 is 0 Å². The van der Waals surface area contributed by atoms with Crippen LogP contribution in [0.2, 0.25) is 0 Å². The lowest BCUT2D eigenvalue weighted by Gasteiger charge is -2.11. The number of benzene rings is 1. The molecule has 1 saturated carbocycles. The Morgan fingerprint density at radius 1 is 1.25 bits per heavy atom. The fourth-order valence-electron chi connectivity index (χ4n) is 2.98. The van der Waals surface area contributed by atoms with E-state index in [1.807, 2.05) is 6.07 Å². The van der Waals surface area contributed by atoms with Crippen LogP contribution in [0.25, 0.3) is 0 Å². The van der Waals surface area contributed by atoms with Crippen LogP contribution < -0.4 is 0 Å². The highest BCUT2D eigenvalue weighted by Crippen LogP contribution is 2.38. The molecule has 0 amide bonds. The van der Waals surface area contributed by atoms with Crippen molar-refractivity contribution in [3.8, 4) is 0 Å². The second kappa shape index (κ2) is 3.87. The summed E-state index contributed by atoms with van der Waals surface area (Å²) in [4.78, 5) is 0. The number of hydrogen-bond acceptors (Lipinski definition) is 0. The second-order valence-corrected chi connectivity index (χ2v) is 5.52. The molecule has 0 saturated heterocycles. The van der Waals surface area contributed by atoms with Crippen molar-refractivity contribution in [3.63, 3.8) is 0 Å². The molecule has 1 aromatic rings. The standard InChI is InChI=1S/C15H19F/c1-10-2-6-13-12(10)8-9-15(16)14(13)7-5-11-3-4-11/h8-11H,2-7H2,1H3. The van der Waals surface area contributed by atoms with Gasteiger partial charge in [-0.05, 0) is 60.3 Å². The maximum atomic E-state index is 13.8. The molecule has 0 aliphatic heterocycles. The Morgan fingerprint density at radius 3 is 2.81 bits per heavy atom. The van der Waals surface area contributed by atoms with E-state index in [4.69, 9.17) is 0 Å². The number of halogens is 1. The summed E-state index contributed by atoms with van der Waals surface area (Å²) in [6.07, 6.45) is 7.19. The molecule has 1 fully saturated rings. The van der Waals surface area contributed by atoms with Crippen LogP contribution >= 0.6 is 0 Å². The predicted molar refractivity (Wildman–Crippen MR) is 64.2 cm³/mol. The summed E-state index contributed by atoms with van der Waals surface area (Å²) < 4.78 is 13.8. The molecular weight excluding hydrogens is 199 g/mol. The van der Waals surface area contributed by atoms with E-state index < -0.39 is 0 Å². The zero-order valence-electron chi connectivity index (χ0n) is 9.93. The molecule has 1 atom stereocenters. The first kappa shape index (κ1) is 10.3. The smallest absolute Gasteiger partial charge is 0.126 e. The van der Waals surface area contributed by atoms with Gasteiger partial charge in [0.1, 0.15) is 5.82 Å².